The van der Waals surface area contributed by atoms with Crippen LogP contribution in [0, 0.1) is 0 Å². The van der Waals surface area contributed by atoms with Crippen LogP contribution in [0.3, 0.4) is 0 Å². The Hall–Kier alpha value is -4.02. The van der Waals surface area contributed by atoms with Crippen molar-refractivity contribution in [3.8, 4) is 11.4 Å². The molecule has 176 valence electrons. The summed E-state index contributed by atoms with van der Waals surface area (Å²) in [4.78, 5) is 26.9. The zero-order valence-corrected chi connectivity index (χ0v) is 19.1. The highest BCUT2D eigenvalue weighted by Gasteiger charge is 2.29. The van der Waals surface area contributed by atoms with Crippen LogP contribution in [-0.4, -0.2) is 51.2 Å². The summed E-state index contributed by atoms with van der Waals surface area (Å²) in [6, 6.07) is 3.93. The molecule has 0 aromatic carbocycles. The summed E-state index contributed by atoms with van der Waals surface area (Å²) < 4.78 is 0. The van der Waals surface area contributed by atoms with Crippen molar-refractivity contribution in [2.75, 3.05) is 36.4 Å². The Morgan fingerprint density at radius 2 is 2.03 bits per heavy atom. The lowest BCUT2D eigenvalue weighted by atomic mass is 10.1. The molecule has 10 nitrogen and oxygen atoms in total. The van der Waals surface area contributed by atoms with Gasteiger partial charge in [-0.3, -0.25) is 4.98 Å². The quantitative estimate of drug-likeness (QED) is 0.519. The molecule has 0 unspecified atom stereocenters. The van der Waals surface area contributed by atoms with Gasteiger partial charge in [0.25, 0.3) is 0 Å². The third-order valence-electron chi connectivity index (χ3n) is 6.68. The van der Waals surface area contributed by atoms with Crippen LogP contribution in [0.15, 0.2) is 66.7 Å². The highest BCUT2D eigenvalue weighted by atomic mass is 16.8. The summed E-state index contributed by atoms with van der Waals surface area (Å²) >= 11 is 0. The van der Waals surface area contributed by atoms with Crippen molar-refractivity contribution in [3.63, 3.8) is 0 Å². The molecule has 0 amide bonds. The van der Waals surface area contributed by atoms with E-state index in [2.05, 4.69) is 31.0 Å². The number of anilines is 2. The number of nitrogens with one attached hydrogen (secondary N) is 3. The maximum absolute atomic E-state index is 5.33. The van der Waals surface area contributed by atoms with Gasteiger partial charge in [0.1, 0.15) is 17.3 Å². The van der Waals surface area contributed by atoms with Crippen LogP contribution in [0.1, 0.15) is 24.3 Å². The topological polar surface area (TPSA) is 103 Å². The number of aromatic nitrogens is 4. The number of pyridine rings is 2. The summed E-state index contributed by atoms with van der Waals surface area (Å²) in [7, 11) is 0. The molecule has 35 heavy (non-hydrogen) atoms. The molecule has 7 rings (SSSR count). The molecular formula is C25H25N9O. The maximum Gasteiger partial charge on any atom is 0.162 e. The Bertz CT molecular complexity index is 1390. The second-order valence-corrected chi connectivity index (χ2v) is 9.05. The van der Waals surface area contributed by atoms with E-state index in [-0.39, 0.29) is 0 Å². The van der Waals surface area contributed by atoms with Crippen molar-refractivity contribution in [1.82, 2.24) is 35.8 Å². The van der Waals surface area contributed by atoms with E-state index in [0.717, 1.165) is 59.9 Å². The second kappa shape index (κ2) is 8.33. The third kappa shape index (κ3) is 3.76. The molecule has 3 aromatic rings. The minimum absolute atomic E-state index is 0.569. The zero-order valence-electron chi connectivity index (χ0n) is 19.1. The molecule has 1 saturated heterocycles. The van der Waals surface area contributed by atoms with E-state index in [1.54, 1.807) is 17.5 Å². The van der Waals surface area contributed by atoms with Crippen LogP contribution in [0.4, 0.5) is 11.6 Å². The molecule has 2 fully saturated rings. The summed E-state index contributed by atoms with van der Waals surface area (Å²) in [6.07, 6.45) is 15.6. The number of hydrogen-bond donors (Lipinski definition) is 3. The van der Waals surface area contributed by atoms with E-state index < -0.39 is 0 Å². The average molecular weight is 468 g/mol. The minimum atomic E-state index is 0.569. The van der Waals surface area contributed by atoms with Crippen LogP contribution in [0.5, 0.6) is 0 Å². The molecule has 10 heteroatoms. The van der Waals surface area contributed by atoms with E-state index >= 15 is 0 Å². The predicted octanol–water partition coefficient (Wildman–Crippen LogP) is 2.79. The van der Waals surface area contributed by atoms with Crippen molar-refractivity contribution in [2.24, 2.45) is 0 Å². The fourth-order valence-electron chi connectivity index (χ4n) is 4.77. The number of rotatable bonds is 5. The highest BCUT2D eigenvalue weighted by Crippen LogP contribution is 2.44. The van der Waals surface area contributed by atoms with Crippen molar-refractivity contribution < 1.29 is 4.94 Å². The summed E-state index contributed by atoms with van der Waals surface area (Å²) in [6.45, 7) is 3.74. The molecular weight excluding hydrogens is 442 g/mol. The Kier molecular flexibility index (Phi) is 4.85. The summed E-state index contributed by atoms with van der Waals surface area (Å²) in [5, 5.41) is 9.65. The van der Waals surface area contributed by atoms with E-state index in [4.69, 9.17) is 14.9 Å². The van der Waals surface area contributed by atoms with Crippen molar-refractivity contribution in [1.29, 1.82) is 0 Å². The molecule has 3 aromatic heterocycles. The Morgan fingerprint density at radius 1 is 1.11 bits per heavy atom. The first-order valence-corrected chi connectivity index (χ1v) is 12.0. The van der Waals surface area contributed by atoms with E-state index in [0.29, 0.717) is 17.6 Å². The number of piperazine rings is 1. The predicted molar refractivity (Wildman–Crippen MR) is 133 cm³/mol. The molecule has 3 N–H and O–H groups in total. The smallest absolute Gasteiger partial charge is 0.162 e. The molecule has 1 aliphatic carbocycles. The van der Waals surface area contributed by atoms with Gasteiger partial charge in [0.15, 0.2) is 5.82 Å². The molecule has 0 atom stereocenters. The van der Waals surface area contributed by atoms with Gasteiger partial charge in [-0.05, 0) is 48.6 Å². The van der Waals surface area contributed by atoms with E-state index in [1.165, 1.54) is 18.4 Å². The summed E-state index contributed by atoms with van der Waals surface area (Å²) in [5.74, 6) is 2.96. The normalized spacial score (nSPS) is 19.3. The number of hydroxylamine groups is 3. The molecule has 4 aliphatic rings. The monoisotopic (exact) mass is 467 g/mol. The van der Waals surface area contributed by atoms with Crippen molar-refractivity contribution in [3.05, 3.63) is 72.2 Å². The van der Waals surface area contributed by atoms with Gasteiger partial charge in [0.2, 0.25) is 0 Å². The fourth-order valence-corrected chi connectivity index (χ4v) is 4.77. The van der Waals surface area contributed by atoms with Gasteiger partial charge in [-0.1, -0.05) is 0 Å². The van der Waals surface area contributed by atoms with E-state index in [1.807, 2.05) is 42.9 Å². The van der Waals surface area contributed by atoms with Crippen LogP contribution >= 0.6 is 0 Å². The molecule has 6 heterocycles. The molecule has 3 aliphatic heterocycles. The maximum atomic E-state index is 5.33. The highest BCUT2D eigenvalue weighted by molar-refractivity contribution is 5.94. The SMILES string of the molecule is C1=CN2ONC=C2C(Nc2cc(-c3nc(N4CCNCC4)c4c(C5CC5)cncc4n3)ccn2)=C1. The Balaban J connectivity index is 1.29. The first-order chi connectivity index (χ1) is 17.3. The van der Waals surface area contributed by atoms with Gasteiger partial charge in [-0.25, -0.2) is 25.5 Å². The standard InChI is InChI=1S/C25H25N9O/c1-2-19(21-15-29-35-34(21)9-1)30-22-12-17(5-6-28-22)24-31-20-14-27-13-18(16-3-4-16)23(20)25(32-24)33-10-7-26-8-11-33/h1-2,5-6,9,12-16,26,29H,3-4,7-8,10-11H2,(H,28,30). The van der Waals surface area contributed by atoms with E-state index in [9.17, 15) is 0 Å². The van der Waals surface area contributed by atoms with Crippen LogP contribution in [0.2, 0.25) is 0 Å². The number of allylic oxidation sites excluding steroid dienone is 2. The van der Waals surface area contributed by atoms with Gasteiger partial charge in [0, 0.05) is 55.7 Å². The molecule has 0 bridgehead atoms. The number of nitrogens with zero attached hydrogens (tertiary/aromatic N) is 6. The van der Waals surface area contributed by atoms with Gasteiger partial charge >= 0.3 is 0 Å². The lowest BCUT2D eigenvalue weighted by Gasteiger charge is -2.30. The molecule has 0 radical (unpaired) electrons. The fraction of sp³-hybridized carbons (Fsp3) is 0.280. The molecule has 1 saturated carbocycles. The second-order valence-electron chi connectivity index (χ2n) is 9.05. The third-order valence-corrected chi connectivity index (χ3v) is 6.68. The van der Waals surface area contributed by atoms with Gasteiger partial charge in [-0.2, -0.15) is 4.94 Å². The summed E-state index contributed by atoms with van der Waals surface area (Å²) in [5.41, 5.74) is 7.59. The first-order valence-electron chi connectivity index (χ1n) is 12.0. The van der Waals surface area contributed by atoms with Crippen LogP contribution in [-0.2, 0) is 4.94 Å². The lowest BCUT2D eigenvalue weighted by molar-refractivity contribution is -0.113. The van der Waals surface area contributed by atoms with Gasteiger partial charge < -0.3 is 15.5 Å². The Labute approximate surface area is 202 Å². The lowest BCUT2D eigenvalue weighted by Crippen LogP contribution is -2.44. The zero-order chi connectivity index (χ0) is 23.2. The number of hydrogen-bond acceptors (Lipinski definition) is 10. The first kappa shape index (κ1) is 20.4. The molecule has 0 spiro atoms. The largest absolute Gasteiger partial charge is 0.353 e. The average Bonchev–Trinajstić information content (AvgIpc) is 3.64. The van der Waals surface area contributed by atoms with Gasteiger partial charge in [0.05, 0.1) is 23.6 Å². The van der Waals surface area contributed by atoms with Crippen molar-refractivity contribution in [2.45, 2.75) is 18.8 Å². The van der Waals surface area contributed by atoms with Crippen LogP contribution < -0.4 is 21.0 Å². The van der Waals surface area contributed by atoms with Crippen LogP contribution in [0.25, 0.3) is 22.3 Å². The number of fused-ring (bicyclic) bond motifs is 2. The van der Waals surface area contributed by atoms with Gasteiger partial charge in [-0.15, -0.1) is 0 Å². The van der Waals surface area contributed by atoms with Crippen molar-refractivity contribution >= 4 is 22.5 Å². The minimum Gasteiger partial charge on any atom is -0.353 e. The Morgan fingerprint density at radius 3 is 2.91 bits per heavy atom.